The second-order valence-corrected chi connectivity index (χ2v) is 6.46. The summed E-state index contributed by atoms with van der Waals surface area (Å²) < 4.78 is 9.37. The molecule has 3 N–H and O–H groups in total. The predicted molar refractivity (Wildman–Crippen MR) is 97.1 cm³/mol. The van der Waals surface area contributed by atoms with Gasteiger partial charge in [-0.05, 0) is 46.2 Å². The van der Waals surface area contributed by atoms with Crippen LogP contribution in [0.5, 0.6) is 0 Å². The van der Waals surface area contributed by atoms with Crippen molar-refractivity contribution >= 4 is 11.9 Å². The second-order valence-electron chi connectivity index (χ2n) is 6.46. The van der Waals surface area contributed by atoms with Crippen LogP contribution in [0, 0.1) is 0 Å². The largest absolute Gasteiger partial charge is 0.460 e. The first kappa shape index (κ1) is 23.8. The Morgan fingerprint density at radius 3 is 2.31 bits per heavy atom. The van der Waals surface area contributed by atoms with E-state index in [4.69, 9.17) is 15.3 Å². The van der Waals surface area contributed by atoms with Gasteiger partial charge in [0.05, 0.1) is 6.26 Å². The van der Waals surface area contributed by atoms with Crippen molar-refractivity contribution in [1.29, 1.82) is 0 Å². The highest BCUT2D eigenvalue weighted by Gasteiger charge is 2.19. The standard InChI is InChI=1S/C13H26N2O4.C5H4O2/c1-13(2,3)18-11(16)10-12(17)19-15-9-7-5-4-6-8-14;6-5-3-1-2-4-7-5/h15H,4-10,14H2,1-3H3;1-4H. The number of hydroxylamine groups is 1. The average molecular weight is 370 g/mol. The first-order chi connectivity index (χ1) is 12.2. The van der Waals surface area contributed by atoms with Crippen LogP contribution in [0.2, 0.25) is 0 Å². The Morgan fingerprint density at radius 1 is 1.12 bits per heavy atom. The lowest BCUT2D eigenvalue weighted by Crippen LogP contribution is -2.28. The van der Waals surface area contributed by atoms with Gasteiger partial charge < -0.3 is 19.7 Å². The molecule has 0 radical (unpaired) electrons. The summed E-state index contributed by atoms with van der Waals surface area (Å²) in [5.41, 5.74) is 7.02. The third-order valence-electron chi connectivity index (χ3n) is 2.73. The predicted octanol–water partition coefficient (Wildman–Crippen LogP) is 1.92. The highest BCUT2D eigenvalue weighted by molar-refractivity contribution is 5.91. The van der Waals surface area contributed by atoms with Crippen molar-refractivity contribution in [2.24, 2.45) is 5.73 Å². The number of nitrogens with two attached hydrogens (primary N) is 1. The monoisotopic (exact) mass is 370 g/mol. The molecule has 0 aliphatic rings. The maximum absolute atomic E-state index is 11.3. The van der Waals surface area contributed by atoms with Crippen molar-refractivity contribution < 1.29 is 23.6 Å². The van der Waals surface area contributed by atoms with E-state index in [-0.39, 0.29) is 12.0 Å². The summed E-state index contributed by atoms with van der Waals surface area (Å²) in [6.45, 7) is 6.52. The van der Waals surface area contributed by atoms with Crippen LogP contribution in [-0.4, -0.2) is 30.6 Å². The van der Waals surface area contributed by atoms with Crippen molar-refractivity contribution in [3.05, 3.63) is 34.9 Å². The summed E-state index contributed by atoms with van der Waals surface area (Å²) in [5, 5.41) is 0. The van der Waals surface area contributed by atoms with Gasteiger partial charge in [-0.15, -0.1) is 0 Å². The minimum atomic E-state index is -0.629. The number of nitrogens with one attached hydrogen (secondary N) is 1. The zero-order valence-electron chi connectivity index (χ0n) is 15.8. The lowest BCUT2D eigenvalue weighted by molar-refractivity contribution is -0.164. The molecule has 0 aliphatic carbocycles. The molecule has 8 nitrogen and oxygen atoms in total. The van der Waals surface area contributed by atoms with Crippen LogP contribution in [0.4, 0.5) is 0 Å². The van der Waals surface area contributed by atoms with Crippen LogP contribution in [0.1, 0.15) is 52.9 Å². The molecule has 1 rings (SSSR count). The Labute approximate surface area is 154 Å². The molecule has 0 saturated heterocycles. The second kappa shape index (κ2) is 14.0. The Morgan fingerprint density at radius 2 is 1.81 bits per heavy atom. The number of rotatable bonds is 9. The molecule has 0 aliphatic heterocycles. The molecule has 1 heterocycles. The minimum Gasteiger partial charge on any atom is -0.460 e. The van der Waals surface area contributed by atoms with Crippen LogP contribution < -0.4 is 16.8 Å². The fraction of sp³-hybridized carbons (Fsp3) is 0.611. The van der Waals surface area contributed by atoms with E-state index >= 15 is 0 Å². The zero-order valence-corrected chi connectivity index (χ0v) is 15.8. The lowest BCUT2D eigenvalue weighted by atomic mass is 10.2. The molecule has 0 unspecified atom stereocenters. The van der Waals surface area contributed by atoms with Gasteiger partial charge in [-0.2, -0.15) is 5.48 Å². The van der Waals surface area contributed by atoms with Crippen molar-refractivity contribution in [3.63, 3.8) is 0 Å². The first-order valence-electron chi connectivity index (χ1n) is 8.63. The van der Waals surface area contributed by atoms with E-state index in [1.807, 2.05) is 0 Å². The number of carbonyl (C=O) groups is 2. The quantitative estimate of drug-likeness (QED) is 0.293. The maximum atomic E-state index is 11.3. The fourth-order valence-corrected chi connectivity index (χ4v) is 1.68. The minimum absolute atomic E-state index is 0.303. The van der Waals surface area contributed by atoms with Gasteiger partial charge in [0.15, 0.2) is 0 Å². The van der Waals surface area contributed by atoms with E-state index in [0.29, 0.717) is 13.1 Å². The SMILES string of the molecule is CC(C)(C)OC(=O)CC(=O)ONCCCCCCN.O=c1cccco1. The number of carbonyl (C=O) groups excluding carboxylic acids is 2. The van der Waals surface area contributed by atoms with Gasteiger partial charge in [0.1, 0.15) is 12.0 Å². The number of esters is 1. The first-order valence-corrected chi connectivity index (χ1v) is 8.63. The Balaban J connectivity index is 0.000000735. The van der Waals surface area contributed by atoms with E-state index in [0.717, 1.165) is 25.7 Å². The van der Waals surface area contributed by atoms with Gasteiger partial charge in [-0.25, -0.2) is 9.59 Å². The molecule has 0 amide bonds. The molecule has 1 aromatic heterocycles. The van der Waals surface area contributed by atoms with Gasteiger partial charge in [-0.3, -0.25) is 4.79 Å². The Kier molecular flexibility index (Phi) is 12.8. The molecule has 0 fully saturated rings. The molecule has 0 atom stereocenters. The third-order valence-corrected chi connectivity index (χ3v) is 2.73. The molecule has 148 valence electrons. The summed E-state index contributed by atoms with van der Waals surface area (Å²) in [4.78, 5) is 37.4. The molecule has 0 aromatic carbocycles. The smallest absolute Gasteiger partial charge is 0.335 e. The van der Waals surface area contributed by atoms with E-state index in [9.17, 15) is 14.4 Å². The van der Waals surface area contributed by atoms with Crippen molar-refractivity contribution in [1.82, 2.24) is 5.48 Å². The van der Waals surface area contributed by atoms with E-state index in [2.05, 4.69) is 9.90 Å². The van der Waals surface area contributed by atoms with E-state index < -0.39 is 17.5 Å². The van der Waals surface area contributed by atoms with Crippen LogP contribution in [0.15, 0.2) is 33.7 Å². The van der Waals surface area contributed by atoms with Crippen molar-refractivity contribution in [3.8, 4) is 0 Å². The Bertz CT molecular complexity index is 548. The fourth-order valence-electron chi connectivity index (χ4n) is 1.68. The molecule has 0 spiro atoms. The summed E-state index contributed by atoms with van der Waals surface area (Å²) in [6.07, 6.45) is 5.00. The third kappa shape index (κ3) is 16.7. The van der Waals surface area contributed by atoms with E-state index in [1.165, 1.54) is 12.3 Å². The van der Waals surface area contributed by atoms with Gasteiger partial charge in [0.25, 0.3) is 0 Å². The van der Waals surface area contributed by atoms with Gasteiger partial charge in [-0.1, -0.05) is 18.9 Å². The lowest BCUT2D eigenvalue weighted by Gasteiger charge is -2.18. The molecule has 0 saturated carbocycles. The van der Waals surface area contributed by atoms with Crippen LogP contribution in [0.3, 0.4) is 0 Å². The molecular formula is C18H30N2O6. The van der Waals surface area contributed by atoms with E-state index in [1.54, 1.807) is 32.9 Å². The highest BCUT2D eigenvalue weighted by atomic mass is 16.7. The molecule has 0 bridgehead atoms. The topological polar surface area (TPSA) is 121 Å². The number of hydrogen-bond donors (Lipinski definition) is 2. The average Bonchev–Trinajstić information content (AvgIpc) is 2.53. The van der Waals surface area contributed by atoms with Crippen LogP contribution in [-0.2, 0) is 19.2 Å². The highest BCUT2D eigenvalue weighted by Crippen LogP contribution is 2.08. The van der Waals surface area contributed by atoms with Crippen LogP contribution in [0.25, 0.3) is 0 Å². The Hall–Kier alpha value is -2.19. The number of hydrogen-bond acceptors (Lipinski definition) is 8. The maximum Gasteiger partial charge on any atom is 0.335 e. The van der Waals surface area contributed by atoms with Gasteiger partial charge >= 0.3 is 17.6 Å². The zero-order chi connectivity index (χ0) is 19.8. The molecule has 1 aromatic rings. The molecular weight excluding hydrogens is 340 g/mol. The number of unbranched alkanes of at least 4 members (excludes halogenated alkanes) is 3. The molecule has 8 heteroatoms. The van der Waals surface area contributed by atoms with Crippen molar-refractivity contribution in [2.45, 2.75) is 58.5 Å². The number of ether oxygens (including phenoxy) is 1. The van der Waals surface area contributed by atoms with Gasteiger partial charge in [0, 0.05) is 12.6 Å². The summed E-state index contributed by atoms with van der Waals surface area (Å²) >= 11 is 0. The van der Waals surface area contributed by atoms with Crippen LogP contribution >= 0.6 is 0 Å². The molecule has 26 heavy (non-hydrogen) atoms. The normalized spacial score (nSPS) is 10.5. The summed E-state index contributed by atoms with van der Waals surface area (Å²) in [5.74, 6) is -1.21. The van der Waals surface area contributed by atoms with Gasteiger partial charge in [0.2, 0.25) is 0 Å². The summed E-state index contributed by atoms with van der Waals surface area (Å²) in [7, 11) is 0. The summed E-state index contributed by atoms with van der Waals surface area (Å²) in [6, 6.07) is 4.65. The van der Waals surface area contributed by atoms with Crippen molar-refractivity contribution in [2.75, 3.05) is 13.1 Å².